The predicted molar refractivity (Wildman–Crippen MR) is 146 cm³/mol. The zero-order valence-corrected chi connectivity index (χ0v) is 24.2. The molecule has 3 saturated carbocycles. The van der Waals surface area contributed by atoms with E-state index >= 15 is 8.78 Å². The molecule has 43 heavy (non-hydrogen) atoms. The van der Waals surface area contributed by atoms with E-state index in [9.17, 15) is 26.3 Å². The van der Waals surface area contributed by atoms with E-state index in [0.29, 0.717) is 55.7 Å². The van der Waals surface area contributed by atoms with Gasteiger partial charge in [-0.15, -0.1) is 13.2 Å². The molecule has 10 heteroatoms. The van der Waals surface area contributed by atoms with Crippen LogP contribution in [0.4, 0.5) is 35.1 Å². The zero-order chi connectivity index (χ0) is 30.9. The molecule has 0 atom stereocenters. The third kappa shape index (κ3) is 7.77. The molecular formula is C33H38F8O2. The van der Waals surface area contributed by atoms with Crippen molar-refractivity contribution < 1.29 is 44.6 Å². The van der Waals surface area contributed by atoms with Crippen molar-refractivity contribution in [2.24, 2.45) is 35.5 Å². The summed E-state index contributed by atoms with van der Waals surface area (Å²) < 4.78 is 119. The van der Waals surface area contributed by atoms with Crippen molar-refractivity contribution >= 4 is 0 Å². The van der Waals surface area contributed by atoms with Gasteiger partial charge in [-0.2, -0.15) is 8.78 Å². The van der Waals surface area contributed by atoms with E-state index < -0.39 is 58.5 Å². The van der Waals surface area contributed by atoms with Gasteiger partial charge in [-0.25, -0.2) is 13.2 Å². The van der Waals surface area contributed by atoms with Crippen LogP contribution in [0.2, 0.25) is 0 Å². The van der Waals surface area contributed by atoms with Gasteiger partial charge in [0.05, 0.1) is 5.92 Å². The first-order valence-electron chi connectivity index (χ1n) is 15.4. The maximum atomic E-state index is 15.1. The quantitative estimate of drug-likeness (QED) is 0.288. The van der Waals surface area contributed by atoms with Gasteiger partial charge in [0.25, 0.3) is 0 Å². The number of ether oxygens (including phenoxy) is 2. The second-order valence-corrected chi connectivity index (χ2v) is 12.9. The van der Waals surface area contributed by atoms with Crippen LogP contribution in [0.5, 0.6) is 11.5 Å². The Morgan fingerprint density at radius 1 is 0.581 bits per heavy atom. The van der Waals surface area contributed by atoms with Crippen LogP contribution >= 0.6 is 0 Å². The van der Waals surface area contributed by atoms with Crippen LogP contribution in [0.15, 0.2) is 30.3 Å². The zero-order valence-electron chi connectivity index (χ0n) is 24.2. The SMILES string of the molecule is CC1CCC(C2CCC(C3CCC(C(F)(F)Oc4ccc(-c5cc(F)c(OC(F)(F)F)c(F)c5)c(F)c4)CC3)CC2)CC1. The number of hydrogen-bond donors (Lipinski definition) is 0. The normalized spacial score (nSPS) is 28.9. The molecular weight excluding hydrogens is 580 g/mol. The highest BCUT2D eigenvalue weighted by molar-refractivity contribution is 5.66. The summed E-state index contributed by atoms with van der Waals surface area (Å²) in [4.78, 5) is 0. The molecule has 0 bridgehead atoms. The molecule has 3 aliphatic rings. The van der Waals surface area contributed by atoms with Gasteiger partial charge in [-0.05, 0) is 124 Å². The fourth-order valence-electron chi connectivity index (χ4n) is 7.73. The maximum Gasteiger partial charge on any atom is 0.573 e. The first kappa shape index (κ1) is 31.9. The van der Waals surface area contributed by atoms with Gasteiger partial charge in [0, 0.05) is 11.6 Å². The predicted octanol–water partition coefficient (Wildman–Crippen LogP) is 11.1. The molecule has 3 fully saturated rings. The smallest absolute Gasteiger partial charge is 0.432 e. The van der Waals surface area contributed by atoms with E-state index in [0.717, 1.165) is 29.9 Å². The van der Waals surface area contributed by atoms with Crippen LogP contribution < -0.4 is 9.47 Å². The third-order valence-electron chi connectivity index (χ3n) is 10.2. The Hall–Kier alpha value is -2.52. The lowest BCUT2D eigenvalue weighted by molar-refractivity contribution is -0.276. The van der Waals surface area contributed by atoms with Gasteiger partial charge in [0.1, 0.15) is 11.6 Å². The molecule has 2 nitrogen and oxygen atoms in total. The van der Waals surface area contributed by atoms with E-state index in [2.05, 4.69) is 11.7 Å². The summed E-state index contributed by atoms with van der Waals surface area (Å²) in [6.07, 6.45) is 3.36. The van der Waals surface area contributed by atoms with E-state index in [1.165, 1.54) is 51.4 Å². The monoisotopic (exact) mass is 618 g/mol. The molecule has 0 unspecified atom stereocenters. The summed E-state index contributed by atoms with van der Waals surface area (Å²) in [6.45, 7) is 2.34. The van der Waals surface area contributed by atoms with Gasteiger partial charge < -0.3 is 9.47 Å². The summed E-state index contributed by atoms with van der Waals surface area (Å²) in [5.41, 5.74) is -0.832. The molecule has 0 spiro atoms. The maximum absolute atomic E-state index is 15.1. The molecule has 0 saturated heterocycles. The highest BCUT2D eigenvalue weighted by Gasteiger charge is 2.45. The second kappa shape index (κ2) is 12.8. The Bertz CT molecular complexity index is 1210. The lowest BCUT2D eigenvalue weighted by atomic mass is 9.65. The second-order valence-electron chi connectivity index (χ2n) is 12.9. The van der Waals surface area contributed by atoms with Crippen LogP contribution in [0.3, 0.4) is 0 Å². The number of halogens is 8. The number of rotatable bonds is 7. The van der Waals surface area contributed by atoms with E-state index in [1.807, 2.05) is 0 Å². The van der Waals surface area contributed by atoms with Crippen LogP contribution in [0, 0.1) is 53.0 Å². The lowest BCUT2D eigenvalue weighted by Crippen LogP contribution is -2.38. The van der Waals surface area contributed by atoms with Gasteiger partial charge in [-0.3, -0.25) is 0 Å². The van der Waals surface area contributed by atoms with E-state index in [-0.39, 0.29) is 0 Å². The Kier molecular flexibility index (Phi) is 9.52. The van der Waals surface area contributed by atoms with Gasteiger partial charge >= 0.3 is 12.5 Å². The summed E-state index contributed by atoms with van der Waals surface area (Å²) in [5.74, 6) is -4.14. The highest BCUT2D eigenvalue weighted by Crippen LogP contribution is 2.48. The summed E-state index contributed by atoms with van der Waals surface area (Å²) >= 11 is 0. The fourth-order valence-corrected chi connectivity index (χ4v) is 7.73. The molecule has 0 heterocycles. The van der Waals surface area contributed by atoms with Crippen molar-refractivity contribution in [3.63, 3.8) is 0 Å². The van der Waals surface area contributed by atoms with E-state index in [4.69, 9.17) is 4.74 Å². The first-order chi connectivity index (χ1) is 20.3. The third-order valence-corrected chi connectivity index (χ3v) is 10.2. The molecule has 2 aromatic carbocycles. The number of alkyl halides is 5. The minimum absolute atomic E-state index is 0.309. The Labute approximate surface area is 247 Å². The Morgan fingerprint density at radius 3 is 1.51 bits per heavy atom. The van der Waals surface area contributed by atoms with E-state index in [1.54, 1.807) is 0 Å². The molecule has 0 aliphatic heterocycles. The van der Waals surface area contributed by atoms with Crippen molar-refractivity contribution in [1.82, 2.24) is 0 Å². The highest BCUT2D eigenvalue weighted by atomic mass is 19.4. The van der Waals surface area contributed by atoms with Gasteiger partial charge in [0.2, 0.25) is 5.75 Å². The van der Waals surface area contributed by atoms with Crippen molar-refractivity contribution in [3.8, 4) is 22.6 Å². The minimum Gasteiger partial charge on any atom is -0.432 e. The molecule has 238 valence electrons. The molecule has 5 rings (SSSR count). The standard InChI is InChI=1S/C33H38F8O2/c1-19-2-4-20(5-3-19)21-6-8-22(9-7-21)23-10-12-25(13-11-23)32(37,38)42-26-14-15-27(28(34)18-26)24-16-29(35)31(30(36)17-24)43-33(39,40)41/h14-23,25H,2-13H2,1H3. The topological polar surface area (TPSA) is 18.5 Å². The molecule has 0 N–H and O–H groups in total. The first-order valence-corrected chi connectivity index (χ1v) is 15.4. The van der Waals surface area contributed by atoms with Crippen LogP contribution in [0.1, 0.15) is 84.0 Å². The van der Waals surface area contributed by atoms with Crippen LogP contribution in [-0.4, -0.2) is 12.5 Å². The Balaban J connectivity index is 1.14. The lowest BCUT2D eigenvalue weighted by Gasteiger charge is -2.41. The summed E-state index contributed by atoms with van der Waals surface area (Å²) in [6, 6.07) is 3.65. The van der Waals surface area contributed by atoms with Crippen molar-refractivity contribution in [2.75, 3.05) is 0 Å². The number of benzene rings is 2. The minimum atomic E-state index is -5.33. The fraction of sp³-hybridized carbons (Fsp3) is 0.636. The molecule has 0 amide bonds. The van der Waals surface area contributed by atoms with Crippen LogP contribution in [-0.2, 0) is 0 Å². The molecule has 3 aliphatic carbocycles. The van der Waals surface area contributed by atoms with Crippen molar-refractivity contribution in [2.45, 2.75) is 96.4 Å². The molecule has 0 aromatic heterocycles. The Morgan fingerprint density at radius 2 is 1.05 bits per heavy atom. The average molecular weight is 619 g/mol. The van der Waals surface area contributed by atoms with Crippen molar-refractivity contribution in [1.29, 1.82) is 0 Å². The largest absolute Gasteiger partial charge is 0.573 e. The van der Waals surface area contributed by atoms with Crippen LogP contribution in [0.25, 0.3) is 11.1 Å². The average Bonchev–Trinajstić information content (AvgIpc) is 2.95. The molecule has 2 aromatic rings. The van der Waals surface area contributed by atoms with Crippen molar-refractivity contribution in [3.05, 3.63) is 47.8 Å². The van der Waals surface area contributed by atoms with Gasteiger partial charge in [0.15, 0.2) is 11.6 Å². The summed E-state index contributed by atoms with van der Waals surface area (Å²) in [7, 11) is 0. The molecule has 0 radical (unpaired) electrons. The number of hydrogen-bond acceptors (Lipinski definition) is 2. The van der Waals surface area contributed by atoms with Gasteiger partial charge in [-0.1, -0.05) is 19.8 Å². The summed E-state index contributed by atoms with van der Waals surface area (Å²) in [5, 5.41) is 0.